The van der Waals surface area contributed by atoms with E-state index in [0.29, 0.717) is 5.92 Å². The Bertz CT molecular complexity index is 498. The molecule has 2 heterocycles. The molecule has 1 aromatic rings. The second-order valence-corrected chi connectivity index (χ2v) is 7.83. The molecule has 4 heteroatoms. The van der Waals surface area contributed by atoms with Gasteiger partial charge in [-0.2, -0.15) is 0 Å². The quantitative estimate of drug-likeness (QED) is 0.927. The highest BCUT2D eigenvalue weighted by Gasteiger charge is 2.39. The van der Waals surface area contributed by atoms with E-state index in [9.17, 15) is 4.79 Å². The third kappa shape index (κ3) is 2.63. The molecule has 1 aliphatic carbocycles. The van der Waals surface area contributed by atoms with Crippen LogP contribution < -0.4 is 5.32 Å². The lowest BCUT2D eigenvalue weighted by Gasteiger charge is -2.26. The van der Waals surface area contributed by atoms with Crippen molar-refractivity contribution in [2.24, 2.45) is 11.8 Å². The van der Waals surface area contributed by atoms with Crippen LogP contribution in [0.5, 0.6) is 0 Å². The first kappa shape index (κ1) is 14.1. The smallest absolute Gasteiger partial charge is 0.241 e. The van der Waals surface area contributed by atoms with E-state index in [-0.39, 0.29) is 18.1 Å². The van der Waals surface area contributed by atoms with Crippen molar-refractivity contribution in [3.8, 4) is 0 Å². The molecule has 3 nitrogen and oxygen atoms in total. The molecular formula is C16H24N2OS. The number of carbonyl (C=O) groups excluding carboxylic acids is 1. The van der Waals surface area contributed by atoms with Gasteiger partial charge in [0.15, 0.2) is 0 Å². The molecule has 1 saturated heterocycles. The number of aryl methyl sites for hydroxylation is 1. The standard InChI is InChI=1S/C16H24N2OS/c1-10-4-6-13(8-10)9-18-15(17-12(3)16(18)19)14-7-5-11(2)20-14/h5,7,10,12-13,15,17H,4,6,8-9H2,1-3H3. The van der Waals surface area contributed by atoms with E-state index in [2.05, 4.69) is 36.2 Å². The van der Waals surface area contributed by atoms with Gasteiger partial charge in [-0.05, 0) is 50.7 Å². The van der Waals surface area contributed by atoms with Gasteiger partial charge in [-0.25, -0.2) is 0 Å². The summed E-state index contributed by atoms with van der Waals surface area (Å²) in [6.07, 6.45) is 3.95. The molecule has 20 heavy (non-hydrogen) atoms. The van der Waals surface area contributed by atoms with Crippen molar-refractivity contribution in [3.63, 3.8) is 0 Å². The van der Waals surface area contributed by atoms with Crippen LogP contribution in [-0.2, 0) is 4.79 Å². The van der Waals surface area contributed by atoms with Gasteiger partial charge >= 0.3 is 0 Å². The van der Waals surface area contributed by atoms with Crippen LogP contribution in [0.3, 0.4) is 0 Å². The second-order valence-electron chi connectivity index (χ2n) is 6.51. The Morgan fingerprint density at radius 3 is 2.75 bits per heavy atom. The predicted octanol–water partition coefficient (Wildman–Crippen LogP) is 3.31. The monoisotopic (exact) mass is 292 g/mol. The van der Waals surface area contributed by atoms with Gasteiger partial charge in [0.2, 0.25) is 5.91 Å². The molecular weight excluding hydrogens is 268 g/mol. The lowest BCUT2D eigenvalue weighted by Crippen LogP contribution is -2.34. The highest BCUT2D eigenvalue weighted by molar-refractivity contribution is 7.12. The third-order valence-electron chi connectivity index (χ3n) is 4.66. The van der Waals surface area contributed by atoms with Crippen molar-refractivity contribution in [1.29, 1.82) is 0 Å². The lowest BCUT2D eigenvalue weighted by molar-refractivity contribution is -0.130. The Labute approximate surface area is 125 Å². The van der Waals surface area contributed by atoms with Gasteiger partial charge in [0, 0.05) is 16.3 Å². The Kier molecular flexibility index (Phi) is 3.87. The maximum atomic E-state index is 12.4. The zero-order valence-electron chi connectivity index (χ0n) is 12.6. The Balaban J connectivity index is 1.76. The van der Waals surface area contributed by atoms with Crippen LogP contribution in [0.25, 0.3) is 0 Å². The van der Waals surface area contributed by atoms with Gasteiger partial charge in [-0.3, -0.25) is 10.1 Å². The van der Waals surface area contributed by atoms with Crippen LogP contribution in [-0.4, -0.2) is 23.4 Å². The van der Waals surface area contributed by atoms with Crippen molar-refractivity contribution >= 4 is 17.2 Å². The first-order chi connectivity index (χ1) is 9.54. The minimum absolute atomic E-state index is 0.0544. The van der Waals surface area contributed by atoms with Gasteiger partial charge in [0.05, 0.1) is 6.04 Å². The summed E-state index contributed by atoms with van der Waals surface area (Å²) in [5, 5.41) is 3.46. The van der Waals surface area contributed by atoms with Crippen molar-refractivity contribution in [2.75, 3.05) is 6.54 Å². The van der Waals surface area contributed by atoms with Gasteiger partial charge in [-0.15, -0.1) is 11.3 Å². The Morgan fingerprint density at radius 1 is 1.35 bits per heavy atom. The molecule has 0 radical (unpaired) electrons. The van der Waals surface area contributed by atoms with Gasteiger partial charge < -0.3 is 4.90 Å². The Hall–Kier alpha value is -0.870. The first-order valence-electron chi connectivity index (χ1n) is 7.67. The van der Waals surface area contributed by atoms with E-state index >= 15 is 0 Å². The lowest BCUT2D eigenvalue weighted by atomic mass is 10.1. The molecule has 1 amide bonds. The van der Waals surface area contributed by atoms with Gasteiger partial charge in [0.1, 0.15) is 6.17 Å². The molecule has 2 aliphatic rings. The fourth-order valence-electron chi connectivity index (χ4n) is 3.57. The average molecular weight is 292 g/mol. The summed E-state index contributed by atoms with van der Waals surface area (Å²) in [4.78, 5) is 17.1. The molecule has 4 unspecified atom stereocenters. The summed E-state index contributed by atoms with van der Waals surface area (Å²) in [6, 6.07) is 4.25. The third-order valence-corrected chi connectivity index (χ3v) is 5.72. The number of rotatable bonds is 3. The summed E-state index contributed by atoms with van der Waals surface area (Å²) < 4.78 is 0. The van der Waals surface area contributed by atoms with Crippen molar-refractivity contribution in [1.82, 2.24) is 10.2 Å². The molecule has 0 aromatic carbocycles. The van der Waals surface area contributed by atoms with E-state index in [1.54, 1.807) is 11.3 Å². The number of thiophene rings is 1. The highest BCUT2D eigenvalue weighted by Crippen LogP contribution is 2.35. The fraction of sp³-hybridized carbons (Fsp3) is 0.688. The number of carbonyl (C=O) groups is 1. The molecule has 1 saturated carbocycles. The fourth-order valence-corrected chi connectivity index (χ4v) is 4.53. The number of hydrogen-bond acceptors (Lipinski definition) is 3. The summed E-state index contributed by atoms with van der Waals surface area (Å²) in [7, 11) is 0. The van der Waals surface area contributed by atoms with Gasteiger partial charge in [0.25, 0.3) is 0 Å². The molecule has 110 valence electrons. The minimum Gasteiger partial charge on any atom is -0.320 e. The predicted molar refractivity (Wildman–Crippen MR) is 82.6 cm³/mol. The minimum atomic E-state index is -0.0544. The summed E-state index contributed by atoms with van der Waals surface area (Å²) in [6.45, 7) is 7.35. The van der Waals surface area contributed by atoms with Crippen molar-refractivity contribution in [3.05, 3.63) is 21.9 Å². The molecule has 4 atom stereocenters. The van der Waals surface area contributed by atoms with Crippen LogP contribution in [0.2, 0.25) is 0 Å². The largest absolute Gasteiger partial charge is 0.320 e. The number of hydrogen-bond donors (Lipinski definition) is 1. The Morgan fingerprint density at radius 2 is 2.15 bits per heavy atom. The second kappa shape index (κ2) is 5.49. The van der Waals surface area contributed by atoms with Crippen LogP contribution in [0.15, 0.2) is 12.1 Å². The van der Waals surface area contributed by atoms with Crippen molar-refractivity contribution < 1.29 is 4.79 Å². The van der Waals surface area contributed by atoms with Crippen LogP contribution in [0.1, 0.15) is 49.0 Å². The maximum absolute atomic E-state index is 12.4. The van der Waals surface area contributed by atoms with Crippen LogP contribution in [0.4, 0.5) is 0 Å². The number of nitrogens with one attached hydrogen (secondary N) is 1. The average Bonchev–Trinajstić information content (AvgIpc) is 3.07. The molecule has 0 bridgehead atoms. The maximum Gasteiger partial charge on any atom is 0.241 e. The normalized spacial score (nSPS) is 34.1. The number of amides is 1. The van der Waals surface area contributed by atoms with E-state index < -0.39 is 0 Å². The molecule has 2 fully saturated rings. The zero-order chi connectivity index (χ0) is 14.3. The SMILES string of the molecule is Cc1ccc(C2NC(C)C(=O)N2CC2CCC(C)C2)s1. The molecule has 1 aromatic heterocycles. The number of nitrogens with zero attached hydrogens (tertiary/aromatic N) is 1. The van der Waals surface area contributed by atoms with Crippen LogP contribution in [0, 0.1) is 18.8 Å². The summed E-state index contributed by atoms with van der Waals surface area (Å²) in [5.41, 5.74) is 0. The van der Waals surface area contributed by atoms with Crippen LogP contribution >= 0.6 is 11.3 Å². The summed E-state index contributed by atoms with van der Waals surface area (Å²) >= 11 is 1.79. The molecule has 0 spiro atoms. The van der Waals surface area contributed by atoms with E-state index in [4.69, 9.17) is 0 Å². The summed E-state index contributed by atoms with van der Waals surface area (Å²) in [5.74, 6) is 1.77. The van der Waals surface area contributed by atoms with E-state index in [1.807, 2.05) is 6.92 Å². The highest BCUT2D eigenvalue weighted by atomic mass is 32.1. The molecule has 1 aliphatic heterocycles. The van der Waals surface area contributed by atoms with Crippen molar-refractivity contribution in [2.45, 2.75) is 52.2 Å². The first-order valence-corrected chi connectivity index (χ1v) is 8.49. The molecule has 1 N–H and O–H groups in total. The molecule has 3 rings (SSSR count). The topological polar surface area (TPSA) is 32.3 Å². The van der Waals surface area contributed by atoms with E-state index in [1.165, 1.54) is 29.0 Å². The van der Waals surface area contributed by atoms with E-state index in [0.717, 1.165) is 12.5 Å². The van der Waals surface area contributed by atoms with Gasteiger partial charge in [-0.1, -0.05) is 13.3 Å². The zero-order valence-corrected chi connectivity index (χ0v) is 13.4.